The van der Waals surface area contributed by atoms with Gasteiger partial charge in [-0.15, -0.1) is 10.2 Å². The van der Waals surface area contributed by atoms with Crippen molar-refractivity contribution < 1.29 is 13.2 Å². The molecule has 0 saturated heterocycles. The molecule has 1 aromatic carbocycles. The molecule has 1 N–H and O–H groups in total. The molecule has 29 heavy (non-hydrogen) atoms. The van der Waals surface area contributed by atoms with Gasteiger partial charge in [0.05, 0.1) is 10.6 Å². The lowest BCUT2D eigenvalue weighted by atomic mass is 10.3. The van der Waals surface area contributed by atoms with Gasteiger partial charge in [-0.25, -0.2) is 8.42 Å². The Balaban J connectivity index is 1.59. The summed E-state index contributed by atoms with van der Waals surface area (Å²) in [5.41, 5.74) is 0.560. The molecular formula is C19H27N5O3S2. The second-order valence-electron chi connectivity index (χ2n) is 6.81. The number of aromatic nitrogens is 3. The van der Waals surface area contributed by atoms with E-state index in [9.17, 15) is 13.2 Å². The molecule has 0 bridgehead atoms. The van der Waals surface area contributed by atoms with Gasteiger partial charge in [0.2, 0.25) is 15.9 Å². The van der Waals surface area contributed by atoms with E-state index < -0.39 is 10.0 Å². The minimum Gasteiger partial charge on any atom is -0.325 e. The Morgan fingerprint density at radius 3 is 2.38 bits per heavy atom. The Hall–Kier alpha value is -1.91. The lowest BCUT2D eigenvalue weighted by Gasteiger charge is -2.18. The fourth-order valence-electron chi connectivity index (χ4n) is 3.10. The molecule has 0 atom stereocenters. The van der Waals surface area contributed by atoms with Crippen LogP contribution in [-0.2, 0) is 21.4 Å². The van der Waals surface area contributed by atoms with Crippen LogP contribution in [0.25, 0.3) is 0 Å². The van der Waals surface area contributed by atoms with Gasteiger partial charge in [0.25, 0.3) is 0 Å². The van der Waals surface area contributed by atoms with Crippen LogP contribution in [0.5, 0.6) is 0 Å². The van der Waals surface area contributed by atoms with Crippen LogP contribution in [0.4, 0.5) is 5.69 Å². The Morgan fingerprint density at radius 2 is 1.83 bits per heavy atom. The maximum absolute atomic E-state index is 12.5. The van der Waals surface area contributed by atoms with E-state index in [2.05, 4.69) is 20.1 Å². The molecule has 0 spiro atoms. The Bertz CT molecular complexity index is 949. The fourth-order valence-corrected chi connectivity index (χ4v) is 5.36. The third kappa shape index (κ3) is 4.99. The van der Waals surface area contributed by atoms with Crippen molar-refractivity contribution in [1.29, 1.82) is 0 Å². The average molecular weight is 438 g/mol. The van der Waals surface area contributed by atoms with E-state index >= 15 is 0 Å². The molecule has 1 aromatic heterocycles. The molecule has 1 aliphatic rings. The monoisotopic (exact) mass is 437 g/mol. The Labute approximate surface area is 176 Å². The van der Waals surface area contributed by atoms with E-state index in [1.807, 2.05) is 6.92 Å². The van der Waals surface area contributed by atoms with E-state index in [1.54, 1.807) is 26.0 Å². The summed E-state index contributed by atoms with van der Waals surface area (Å²) < 4.78 is 28.5. The molecule has 158 valence electrons. The summed E-state index contributed by atoms with van der Waals surface area (Å²) >= 11 is 1.36. The average Bonchev–Trinajstić information content (AvgIpc) is 3.47. The van der Waals surface area contributed by atoms with Crippen molar-refractivity contribution in [3.63, 3.8) is 0 Å². The lowest BCUT2D eigenvalue weighted by Crippen LogP contribution is -2.30. The SMILES string of the molecule is CCN(CC)S(=O)(=O)c1ccc(NC(=O)CSc2nnc(C3CC3)n2CC)cc1. The normalized spacial score (nSPS) is 14.3. The zero-order chi connectivity index (χ0) is 21.0. The van der Waals surface area contributed by atoms with Crippen molar-refractivity contribution in [2.75, 3.05) is 24.2 Å². The molecule has 3 rings (SSSR count). The number of rotatable bonds is 10. The number of thioether (sulfide) groups is 1. The van der Waals surface area contributed by atoms with Crippen LogP contribution in [0.3, 0.4) is 0 Å². The third-order valence-electron chi connectivity index (χ3n) is 4.82. The summed E-state index contributed by atoms with van der Waals surface area (Å²) in [5.74, 6) is 1.56. The predicted octanol–water partition coefficient (Wildman–Crippen LogP) is 2.94. The highest BCUT2D eigenvalue weighted by Gasteiger charge is 2.30. The lowest BCUT2D eigenvalue weighted by molar-refractivity contribution is -0.113. The highest BCUT2D eigenvalue weighted by Crippen LogP contribution is 2.39. The molecule has 0 aliphatic heterocycles. The fraction of sp³-hybridized carbons (Fsp3) is 0.526. The second-order valence-corrected chi connectivity index (χ2v) is 9.69. The minimum absolute atomic E-state index is 0.173. The van der Waals surface area contributed by atoms with Gasteiger partial charge in [-0.3, -0.25) is 4.79 Å². The van der Waals surface area contributed by atoms with Gasteiger partial charge in [-0.1, -0.05) is 25.6 Å². The van der Waals surface area contributed by atoms with Crippen LogP contribution in [0.1, 0.15) is 45.4 Å². The zero-order valence-electron chi connectivity index (χ0n) is 17.0. The van der Waals surface area contributed by atoms with E-state index in [0.29, 0.717) is 24.7 Å². The molecule has 1 saturated carbocycles. The van der Waals surface area contributed by atoms with Crippen LogP contribution < -0.4 is 5.32 Å². The molecule has 0 unspecified atom stereocenters. The summed E-state index contributed by atoms with van der Waals surface area (Å²) in [7, 11) is -3.50. The molecule has 1 heterocycles. The molecule has 1 aliphatic carbocycles. The Morgan fingerprint density at radius 1 is 1.17 bits per heavy atom. The number of benzene rings is 1. The van der Waals surface area contributed by atoms with Gasteiger partial charge >= 0.3 is 0 Å². The van der Waals surface area contributed by atoms with Crippen molar-refractivity contribution in [3.05, 3.63) is 30.1 Å². The quantitative estimate of drug-likeness (QED) is 0.574. The summed E-state index contributed by atoms with van der Waals surface area (Å²) in [6, 6.07) is 6.26. The smallest absolute Gasteiger partial charge is 0.243 e. The number of nitrogens with zero attached hydrogens (tertiary/aromatic N) is 4. The first-order valence-electron chi connectivity index (χ1n) is 9.86. The van der Waals surface area contributed by atoms with E-state index in [0.717, 1.165) is 30.4 Å². The number of hydrogen-bond acceptors (Lipinski definition) is 6. The van der Waals surface area contributed by atoms with Crippen molar-refractivity contribution in [1.82, 2.24) is 19.1 Å². The summed E-state index contributed by atoms with van der Waals surface area (Å²) in [5, 5.41) is 12.1. The second kappa shape index (κ2) is 9.27. The summed E-state index contributed by atoms with van der Waals surface area (Å²) in [4.78, 5) is 12.5. The van der Waals surface area contributed by atoms with Gasteiger partial charge in [0.1, 0.15) is 5.82 Å². The van der Waals surface area contributed by atoms with Crippen molar-refractivity contribution >= 4 is 33.4 Å². The molecule has 2 aromatic rings. The van der Waals surface area contributed by atoms with E-state index in [1.165, 1.54) is 28.2 Å². The zero-order valence-corrected chi connectivity index (χ0v) is 18.6. The number of nitrogens with one attached hydrogen (secondary N) is 1. The summed E-state index contributed by atoms with van der Waals surface area (Å²) in [6.07, 6.45) is 2.31. The number of carbonyl (C=O) groups is 1. The van der Waals surface area contributed by atoms with Gasteiger partial charge in [0.15, 0.2) is 5.16 Å². The van der Waals surface area contributed by atoms with Gasteiger partial charge in [-0.05, 0) is 44.0 Å². The highest BCUT2D eigenvalue weighted by atomic mass is 32.2. The van der Waals surface area contributed by atoms with Crippen molar-refractivity contribution in [3.8, 4) is 0 Å². The van der Waals surface area contributed by atoms with Crippen molar-refractivity contribution in [2.24, 2.45) is 0 Å². The Kier molecular flexibility index (Phi) is 6.97. The van der Waals surface area contributed by atoms with Crippen molar-refractivity contribution in [2.45, 2.75) is 56.1 Å². The van der Waals surface area contributed by atoms with Gasteiger partial charge in [0, 0.05) is 31.2 Å². The molecule has 8 nitrogen and oxygen atoms in total. The molecular weight excluding hydrogens is 410 g/mol. The number of carbonyl (C=O) groups excluding carboxylic acids is 1. The van der Waals surface area contributed by atoms with Crippen LogP contribution >= 0.6 is 11.8 Å². The molecule has 1 amide bonds. The minimum atomic E-state index is -3.50. The van der Waals surface area contributed by atoms with Crippen LogP contribution in [0.15, 0.2) is 34.3 Å². The topological polar surface area (TPSA) is 97.2 Å². The van der Waals surface area contributed by atoms with Crippen LogP contribution in [0, 0.1) is 0 Å². The molecule has 0 radical (unpaired) electrons. The number of anilines is 1. The predicted molar refractivity (Wildman–Crippen MR) is 114 cm³/mol. The largest absolute Gasteiger partial charge is 0.325 e. The van der Waals surface area contributed by atoms with Gasteiger partial charge < -0.3 is 9.88 Å². The first-order valence-corrected chi connectivity index (χ1v) is 12.3. The maximum Gasteiger partial charge on any atom is 0.243 e. The number of sulfonamides is 1. The standard InChI is InChI=1S/C19H27N5O3S2/c1-4-23(5-2)29(26,27)16-11-9-15(10-12-16)20-17(25)13-28-19-22-21-18(14-7-8-14)24(19)6-3/h9-12,14H,4-8,13H2,1-3H3,(H,20,25). The van der Waals surface area contributed by atoms with Gasteiger partial charge in [-0.2, -0.15) is 4.31 Å². The highest BCUT2D eigenvalue weighted by molar-refractivity contribution is 7.99. The first-order chi connectivity index (χ1) is 13.9. The third-order valence-corrected chi connectivity index (χ3v) is 7.85. The maximum atomic E-state index is 12.5. The number of amides is 1. The number of hydrogen-bond donors (Lipinski definition) is 1. The van der Waals surface area contributed by atoms with E-state index in [4.69, 9.17) is 0 Å². The first kappa shape index (κ1) is 21.8. The molecule has 10 heteroatoms. The van der Waals surface area contributed by atoms with Crippen LogP contribution in [-0.4, -0.2) is 52.2 Å². The van der Waals surface area contributed by atoms with E-state index in [-0.39, 0.29) is 16.6 Å². The molecule has 1 fully saturated rings. The van der Waals surface area contributed by atoms with Crippen LogP contribution in [0.2, 0.25) is 0 Å². The summed E-state index contributed by atoms with van der Waals surface area (Å²) in [6.45, 7) is 7.28.